The molecule has 0 saturated carbocycles. The topological polar surface area (TPSA) is 0 Å². The van der Waals surface area contributed by atoms with E-state index in [2.05, 4.69) is 105 Å². The predicted octanol–water partition coefficient (Wildman–Crippen LogP) is 14.3. The fourth-order valence-electron chi connectivity index (χ4n) is 8.55. The summed E-state index contributed by atoms with van der Waals surface area (Å²) in [5, 5.41) is 0.914. The second-order valence-corrected chi connectivity index (χ2v) is 27.2. The quantitative estimate of drug-likeness (QED) is 0.0524. The molecule has 0 bridgehead atoms. The third kappa shape index (κ3) is 8.98. The molecule has 0 unspecified atom stereocenters. The average Bonchev–Trinajstić information content (AvgIpc) is 3.18. The van der Waals surface area contributed by atoms with Crippen molar-refractivity contribution in [1.29, 1.82) is 0 Å². The smallest absolute Gasteiger partial charge is 0.200 e. The highest BCUT2D eigenvalue weighted by molar-refractivity contribution is 8.63. The lowest BCUT2D eigenvalue weighted by molar-refractivity contribution is 0.380. The van der Waals surface area contributed by atoms with Gasteiger partial charge in [-0.2, -0.15) is 0 Å². The number of aryl methyl sites for hydroxylation is 2. The summed E-state index contributed by atoms with van der Waals surface area (Å²) in [5.74, 6) is -45.4. The van der Waals surface area contributed by atoms with Crippen molar-refractivity contribution in [2.24, 2.45) is 0 Å². The minimum atomic E-state index is -5.69. The van der Waals surface area contributed by atoms with Gasteiger partial charge >= 0.3 is 0 Å². The van der Waals surface area contributed by atoms with Gasteiger partial charge in [0.1, 0.15) is 34.9 Å². The highest BCUT2D eigenvalue weighted by Crippen LogP contribution is 2.91. The molecule has 0 heterocycles. The molecule has 63 heavy (non-hydrogen) atoms. The summed E-state index contributed by atoms with van der Waals surface area (Å²) in [5.41, 5.74) is -12.0. The molecule has 342 valence electrons. The number of benzene rings is 5. The zero-order valence-electron chi connectivity index (χ0n) is 35.6. The largest absolute Gasteiger partial charge is 0.323 e. The number of halogens is 15. The van der Waals surface area contributed by atoms with Crippen LogP contribution in [0, 0.1) is 101 Å². The van der Waals surface area contributed by atoms with E-state index < -0.39 is 132 Å². The molecule has 0 saturated heterocycles. The Labute approximate surface area is 364 Å². The molecular weight excluding hydrogens is 919 g/mol. The van der Waals surface area contributed by atoms with Gasteiger partial charge in [0.25, 0.3) is 0 Å². The molecule has 0 fully saturated rings. The Balaban J connectivity index is 0.000000349. The maximum atomic E-state index is 15.4. The molecule has 5 aromatic rings. The molecule has 0 aliphatic rings. The van der Waals surface area contributed by atoms with Gasteiger partial charge in [-0.15, -0.1) is 16.4 Å². The van der Waals surface area contributed by atoms with Crippen LogP contribution < -0.4 is 16.4 Å². The minimum Gasteiger partial charge on any atom is -0.323 e. The van der Waals surface area contributed by atoms with Crippen molar-refractivity contribution in [2.75, 3.05) is 0 Å². The van der Waals surface area contributed by atoms with E-state index in [-0.39, 0.29) is 0 Å². The van der Waals surface area contributed by atoms with Crippen LogP contribution in [-0.2, 0) is 0 Å². The predicted molar refractivity (Wildman–Crippen MR) is 224 cm³/mol. The van der Waals surface area contributed by atoms with Crippen molar-refractivity contribution in [3.63, 3.8) is 0 Å². The van der Waals surface area contributed by atoms with Gasteiger partial charge in [0.2, 0.25) is 0 Å². The Morgan fingerprint density at radius 1 is 0.333 bits per heavy atom. The fourth-order valence-corrected chi connectivity index (χ4v) is 21.4. The Morgan fingerprint density at radius 3 is 0.762 bits per heavy atom. The summed E-state index contributed by atoms with van der Waals surface area (Å²) in [6.45, 7) is 24.2. The molecule has 0 atom stereocenters. The molecule has 0 spiro atoms. The molecule has 5 aromatic carbocycles. The molecule has 0 aliphatic carbocycles. The monoisotopic (exact) mass is 960 g/mol. The van der Waals surface area contributed by atoms with Gasteiger partial charge in [-0.25, -0.2) is 65.9 Å². The van der Waals surface area contributed by atoms with Gasteiger partial charge in [-0.1, -0.05) is 47.5 Å². The summed E-state index contributed by atoms with van der Waals surface area (Å²) in [6, 6.07) is 12.9. The second-order valence-electron chi connectivity index (χ2n) is 17.7. The number of hydrogen-bond donors (Lipinski definition) is 0. The number of hydrogen-bond acceptors (Lipinski definition) is 2. The van der Waals surface area contributed by atoms with Crippen LogP contribution in [0.5, 0.6) is 0 Å². The summed E-state index contributed by atoms with van der Waals surface area (Å²) in [7, 11) is 0. The standard InChI is InChI=1S/C25H7BF15S.C19H34PS/c1-6-2-4-7(5-3-6)42-26(8-11(27)17(33)23(39)18(34)12(8)28,9-13(29)19(35)24(40)20(36)14(9)30)10-15(31)21(37)25(41)22(38)16(10)32;1-15-11-13-16(14-12-15)21-20(17(2,3)4,18(5,6)7)19(8,9)10/h2-5H,1H3;11-14H,1-10H3/q-1;+1. The highest BCUT2D eigenvalue weighted by Gasteiger charge is 2.66. The summed E-state index contributed by atoms with van der Waals surface area (Å²) in [4.78, 5) is 0.742. The van der Waals surface area contributed by atoms with Crippen molar-refractivity contribution in [2.45, 2.75) is 101 Å². The van der Waals surface area contributed by atoms with E-state index in [1.54, 1.807) is 0 Å². The first-order valence-electron chi connectivity index (χ1n) is 18.8. The Bertz CT molecular complexity index is 2250. The van der Waals surface area contributed by atoms with Crippen molar-refractivity contribution < 1.29 is 65.9 Å². The molecule has 0 N–H and O–H groups in total. The lowest BCUT2D eigenvalue weighted by Gasteiger charge is -2.52. The van der Waals surface area contributed by atoms with Crippen LogP contribution in [0.2, 0.25) is 0 Å². The Morgan fingerprint density at radius 2 is 0.540 bits per heavy atom. The molecule has 5 rings (SSSR count). The van der Waals surface area contributed by atoms with E-state index in [0.29, 0.717) is 21.0 Å². The normalized spacial score (nSPS) is 12.7. The molecule has 0 aromatic heterocycles. The van der Waals surface area contributed by atoms with Crippen LogP contribution in [0.3, 0.4) is 0 Å². The van der Waals surface area contributed by atoms with Crippen LogP contribution in [0.25, 0.3) is 0 Å². The first-order valence-corrected chi connectivity index (χ1v) is 22.9. The van der Waals surface area contributed by atoms with Gasteiger partial charge in [-0.05, 0) is 93.2 Å². The maximum absolute atomic E-state index is 15.4. The lowest BCUT2D eigenvalue weighted by atomic mass is 9.33. The summed E-state index contributed by atoms with van der Waals surface area (Å²) in [6.07, 6.45) is 0. The van der Waals surface area contributed by atoms with Gasteiger partial charge in [0.05, 0.1) is 33.3 Å². The zero-order chi connectivity index (χ0) is 48.3. The highest BCUT2D eigenvalue weighted by atomic mass is 32.7. The van der Waals surface area contributed by atoms with E-state index in [1.807, 2.05) is 0 Å². The van der Waals surface area contributed by atoms with Crippen LogP contribution in [0.15, 0.2) is 58.3 Å². The van der Waals surface area contributed by atoms with Crippen molar-refractivity contribution in [3.05, 3.63) is 147 Å². The van der Waals surface area contributed by atoms with E-state index in [1.165, 1.54) is 17.4 Å². The number of rotatable bonds is 7. The summed E-state index contributed by atoms with van der Waals surface area (Å²) >= 11 is 1.49. The minimum absolute atomic E-state index is 0.305. The molecule has 0 amide bonds. The average molecular weight is 961 g/mol. The van der Waals surface area contributed by atoms with E-state index in [4.69, 9.17) is 0 Å². The van der Waals surface area contributed by atoms with E-state index >= 15 is 26.3 Å². The molecular formula is C44H41BF15PS2. The van der Waals surface area contributed by atoms with Crippen molar-refractivity contribution in [1.82, 2.24) is 0 Å². The van der Waals surface area contributed by atoms with Crippen molar-refractivity contribution in [3.8, 4) is 0 Å². The van der Waals surface area contributed by atoms with Gasteiger partial charge in [0.15, 0.2) is 57.8 Å². The molecule has 19 heteroatoms. The van der Waals surface area contributed by atoms with Crippen LogP contribution in [-0.4, -0.2) is 20.9 Å². The van der Waals surface area contributed by atoms with Gasteiger partial charge in [0, 0.05) is 4.90 Å². The molecule has 0 radical (unpaired) electrons. The third-order valence-corrected chi connectivity index (χ3v) is 24.8. The first-order chi connectivity index (χ1) is 28.7. The molecule has 0 nitrogen and oxygen atoms in total. The molecule has 0 aliphatic heterocycles. The Kier molecular flexibility index (Phi) is 15.0. The maximum Gasteiger partial charge on any atom is 0.200 e. The SMILES string of the molecule is Cc1ccc(S[B-](c2c(F)c(F)c(F)c(F)c2F)(c2c(F)c(F)c(F)c(F)c2F)c2c(F)c(F)c(F)c(F)c2F)cc1.Cc1ccc(S[P+](C(C)(C)C)(C(C)(C)C)C(C)(C)C)cc1. The Hall–Kier alpha value is -3.76. The van der Waals surface area contributed by atoms with E-state index in [9.17, 15) is 39.5 Å². The zero-order valence-corrected chi connectivity index (χ0v) is 38.2. The van der Waals surface area contributed by atoms with Crippen LogP contribution in [0.4, 0.5) is 65.9 Å². The van der Waals surface area contributed by atoms with Gasteiger partial charge < -0.3 is 11.6 Å². The van der Waals surface area contributed by atoms with Gasteiger partial charge in [-0.3, -0.25) is 0 Å². The summed E-state index contributed by atoms with van der Waals surface area (Å²) < 4.78 is 221. The second kappa shape index (κ2) is 18.3. The third-order valence-electron chi connectivity index (χ3n) is 10.4. The van der Waals surface area contributed by atoms with Crippen molar-refractivity contribution >= 4 is 51.3 Å². The van der Waals surface area contributed by atoms with Crippen LogP contribution in [0.1, 0.15) is 73.4 Å². The first kappa shape index (κ1) is 51.9. The van der Waals surface area contributed by atoms with E-state index in [0.717, 1.165) is 24.3 Å². The van der Waals surface area contributed by atoms with Crippen LogP contribution >= 0.6 is 29.5 Å². The lowest BCUT2D eigenvalue weighted by Crippen LogP contribution is -2.71. The fraction of sp³-hybridized carbons (Fsp3) is 0.318.